The van der Waals surface area contributed by atoms with Crippen molar-refractivity contribution in [3.05, 3.63) is 35.9 Å². The van der Waals surface area contributed by atoms with Gasteiger partial charge in [-0.2, -0.15) is 0 Å². The lowest BCUT2D eigenvalue weighted by Gasteiger charge is -2.52. The van der Waals surface area contributed by atoms with Gasteiger partial charge in [-0.25, -0.2) is 5.43 Å². The predicted octanol–water partition coefficient (Wildman–Crippen LogP) is 0.182. The summed E-state index contributed by atoms with van der Waals surface area (Å²) in [6, 6.07) is 9.08. The Balaban J connectivity index is 2.22. The van der Waals surface area contributed by atoms with Gasteiger partial charge >= 0.3 is 11.9 Å². The fourth-order valence-electron chi connectivity index (χ4n) is 4.41. The second-order valence-corrected chi connectivity index (χ2v) is 7.56. The highest BCUT2D eigenvalue weighted by Crippen LogP contribution is 2.51. The van der Waals surface area contributed by atoms with Gasteiger partial charge in [0.2, 0.25) is 0 Å². The van der Waals surface area contributed by atoms with Gasteiger partial charge in [-0.1, -0.05) is 30.3 Å². The molecule has 1 aromatic rings. The molecule has 2 fully saturated rings. The van der Waals surface area contributed by atoms with Crippen molar-refractivity contribution in [2.45, 2.75) is 30.5 Å². The van der Waals surface area contributed by atoms with Crippen molar-refractivity contribution >= 4 is 29.3 Å². The first-order chi connectivity index (χ1) is 12.8. The number of hydrogen-bond acceptors (Lipinski definition) is 7. The van der Waals surface area contributed by atoms with Crippen LogP contribution in [0.5, 0.6) is 0 Å². The molecule has 1 spiro atoms. The van der Waals surface area contributed by atoms with Crippen molar-refractivity contribution in [2.75, 3.05) is 14.2 Å². The van der Waals surface area contributed by atoms with Gasteiger partial charge in [-0.15, -0.1) is 0 Å². The molecule has 0 unspecified atom stereocenters. The van der Waals surface area contributed by atoms with Crippen LogP contribution in [0.25, 0.3) is 0 Å². The largest absolute Gasteiger partial charge is 0.469 e. The second-order valence-electron chi connectivity index (χ2n) is 7.15. The van der Waals surface area contributed by atoms with Crippen LogP contribution in [0, 0.1) is 11.8 Å². The van der Waals surface area contributed by atoms with Crippen LogP contribution in [0.4, 0.5) is 0 Å². The number of hydrazine groups is 1. The van der Waals surface area contributed by atoms with E-state index in [-0.39, 0.29) is 6.42 Å². The minimum Gasteiger partial charge on any atom is -0.469 e. The number of benzene rings is 1. The Hall–Kier alpha value is -2.23. The van der Waals surface area contributed by atoms with E-state index < -0.39 is 41.0 Å². The summed E-state index contributed by atoms with van der Waals surface area (Å²) in [6.07, 6.45) is 0.0238. The van der Waals surface area contributed by atoms with Gasteiger partial charge < -0.3 is 19.9 Å². The summed E-state index contributed by atoms with van der Waals surface area (Å²) < 4.78 is 10.0. The van der Waals surface area contributed by atoms with Crippen LogP contribution in [0.3, 0.4) is 0 Å². The van der Waals surface area contributed by atoms with E-state index in [9.17, 15) is 14.7 Å². The SMILES string of the molecule is COC(=O)[C@@H]1[C@H](c2ccccc2)[C@H](C(=O)OC)[C@](C)(O)C[C@]12NNC(=S)N2. The van der Waals surface area contributed by atoms with Crippen LogP contribution in [0.1, 0.15) is 24.8 Å². The monoisotopic (exact) mass is 393 g/mol. The van der Waals surface area contributed by atoms with Crippen molar-refractivity contribution in [2.24, 2.45) is 11.8 Å². The van der Waals surface area contributed by atoms with E-state index in [0.717, 1.165) is 0 Å². The molecule has 1 aromatic carbocycles. The summed E-state index contributed by atoms with van der Waals surface area (Å²) in [5.74, 6) is -3.66. The summed E-state index contributed by atoms with van der Waals surface area (Å²) in [4.78, 5) is 25.6. The van der Waals surface area contributed by atoms with Gasteiger partial charge in [0.25, 0.3) is 0 Å². The summed E-state index contributed by atoms with van der Waals surface area (Å²) >= 11 is 5.17. The molecule has 8 nitrogen and oxygen atoms in total. The van der Waals surface area contributed by atoms with Crippen LogP contribution >= 0.6 is 12.2 Å². The van der Waals surface area contributed by atoms with Crippen molar-refractivity contribution in [1.29, 1.82) is 0 Å². The number of carbonyl (C=O) groups is 2. The van der Waals surface area contributed by atoms with E-state index >= 15 is 0 Å². The van der Waals surface area contributed by atoms with Crippen molar-refractivity contribution in [1.82, 2.24) is 16.2 Å². The average molecular weight is 393 g/mol. The Labute approximate surface area is 162 Å². The zero-order valence-corrected chi connectivity index (χ0v) is 16.1. The van der Waals surface area contributed by atoms with E-state index in [1.54, 1.807) is 6.92 Å². The minimum atomic E-state index is -1.49. The first-order valence-corrected chi connectivity index (χ1v) is 8.95. The maximum atomic E-state index is 12.9. The number of hydrogen-bond donors (Lipinski definition) is 4. The van der Waals surface area contributed by atoms with Crippen LogP contribution in [0.15, 0.2) is 30.3 Å². The number of aliphatic hydroxyl groups is 1. The summed E-state index contributed by atoms with van der Waals surface area (Å²) in [5, 5.41) is 14.6. The van der Waals surface area contributed by atoms with Crippen LogP contribution in [-0.2, 0) is 19.1 Å². The van der Waals surface area contributed by atoms with E-state index in [1.807, 2.05) is 30.3 Å². The first kappa shape index (κ1) is 19.5. The molecular weight excluding hydrogens is 370 g/mol. The molecule has 1 aliphatic heterocycles. The quantitative estimate of drug-likeness (QED) is 0.422. The lowest BCUT2D eigenvalue weighted by molar-refractivity contribution is -0.177. The van der Waals surface area contributed by atoms with Gasteiger partial charge in [-0.3, -0.25) is 15.0 Å². The van der Waals surface area contributed by atoms with Crippen molar-refractivity contribution in [3.8, 4) is 0 Å². The van der Waals surface area contributed by atoms with Crippen LogP contribution in [-0.4, -0.2) is 47.6 Å². The minimum absolute atomic E-state index is 0.0238. The Morgan fingerprint density at radius 3 is 2.26 bits per heavy atom. The highest BCUT2D eigenvalue weighted by Gasteiger charge is 2.65. The molecule has 1 saturated heterocycles. The lowest BCUT2D eigenvalue weighted by Crippen LogP contribution is -2.70. The number of ether oxygens (including phenoxy) is 2. The second kappa shape index (κ2) is 7.06. The lowest BCUT2D eigenvalue weighted by atomic mass is 9.58. The smallest absolute Gasteiger partial charge is 0.313 e. The number of carbonyl (C=O) groups excluding carboxylic acids is 2. The molecular formula is C18H23N3O5S. The van der Waals surface area contributed by atoms with Gasteiger partial charge in [-0.05, 0) is 24.7 Å². The van der Waals surface area contributed by atoms with Gasteiger partial charge in [0.05, 0.1) is 25.7 Å². The molecule has 1 aliphatic carbocycles. The topological polar surface area (TPSA) is 109 Å². The Morgan fingerprint density at radius 1 is 1.15 bits per heavy atom. The third-order valence-corrected chi connectivity index (χ3v) is 5.59. The fraction of sp³-hybridized carbons (Fsp3) is 0.500. The van der Waals surface area contributed by atoms with E-state index in [4.69, 9.17) is 21.7 Å². The molecule has 0 radical (unpaired) electrons. The number of nitrogens with one attached hydrogen (secondary N) is 3. The Bertz CT molecular complexity index is 757. The number of esters is 2. The summed E-state index contributed by atoms with van der Waals surface area (Å²) in [7, 11) is 2.55. The molecule has 1 heterocycles. The highest BCUT2D eigenvalue weighted by atomic mass is 32.1. The molecule has 4 N–H and O–H groups in total. The Morgan fingerprint density at radius 2 is 1.74 bits per heavy atom. The summed E-state index contributed by atoms with van der Waals surface area (Å²) in [5.41, 5.74) is 3.90. The first-order valence-electron chi connectivity index (χ1n) is 8.54. The molecule has 146 valence electrons. The molecule has 5 atom stereocenters. The standard InChI is InChI=1S/C18H23N3O5S/c1-17(24)9-18(19-16(27)20-21-18)13(15(23)26-3)11(12(17)14(22)25-2)10-7-5-4-6-8-10/h4-8,11-13,21,24H,9H2,1-3H3,(H2,19,20,27)/t11-,12-,13+,17-,18+/m1/s1. The summed E-state index contributed by atoms with van der Waals surface area (Å²) in [6.45, 7) is 1.56. The molecule has 9 heteroatoms. The third-order valence-electron chi connectivity index (χ3n) is 5.39. The molecule has 0 amide bonds. The maximum Gasteiger partial charge on any atom is 0.313 e. The van der Waals surface area contributed by atoms with Gasteiger partial charge in [0.15, 0.2) is 5.11 Å². The number of rotatable bonds is 3. The number of thiocarbonyl (C=S) groups is 1. The van der Waals surface area contributed by atoms with E-state index in [1.165, 1.54) is 14.2 Å². The molecule has 0 bridgehead atoms. The van der Waals surface area contributed by atoms with E-state index in [2.05, 4.69) is 16.2 Å². The molecule has 3 rings (SSSR count). The van der Waals surface area contributed by atoms with Gasteiger partial charge in [0.1, 0.15) is 11.6 Å². The molecule has 27 heavy (non-hydrogen) atoms. The highest BCUT2D eigenvalue weighted by molar-refractivity contribution is 7.80. The zero-order valence-electron chi connectivity index (χ0n) is 15.3. The number of methoxy groups -OCH3 is 2. The third kappa shape index (κ3) is 3.26. The Kier molecular flexibility index (Phi) is 5.11. The van der Waals surface area contributed by atoms with Crippen molar-refractivity contribution < 1.29 is 24.2 Å². The maximum absolute atomic E-state index is 12.9. The van der Waals surface area contributed by atoms with Crippen molar-refractivity contribution in [3.63, 3.8) is 0 Å². The molecule has 0 aromatic heterocycles. The normalized spacial score (nSPS) is 35.3. The van der Waals surface area contributed by atoms with E-state index in [0.29, 0.717) is 10.7 Å². The molecule has 2 aliphatic rings. The molecule has 1 saturated carbocycles. The van der Waals surface area contributed by atoms with Crippen LogP contribution in [0.2, 0.25) is 0 Å². The fourth-order valence-corrected chi connectivity index (χ4v) is 4.64. The predicted molar refractivity (Wildman–Crippen MR) is 100 cm³/mol. The average Bonchev–Trinajstić information content (AvgIpc) is 3.00. The van der Waals surface area contributed by atoms with Gasteiger partial charge in [0, 0.05) is 12.3 Å². The van der Waals surface area contributed by atoms with Crippen LogP contribution < -0.4 is 16.2 Å². The zero-order chi connectivity index (χ0) is 19.8.